The minimum atomic E-state index is 0.754. The number of nitrogens with zero attached hydrogens (tertiary/aromatic N) is 2. The summed E-state index contributed by atoms with van der Waals surface area (Å²) in [7, 11) is 1.71. The maximum atomic E-state index is 5.42. The molecule has 3 heteroatoms. The number of hydrogen-bond acceptors (Lipinski definition) is 3. The van der Waals surface area contributed by atoms with E-state index in [1.54, 1.807) is 7.11 Å². The van der Waals surface area contributed by atoms with Gasteiger partial charge in [0.15, 0.2) is 0 Å². The van der Waals surface area contributed by atoms with Crippen LogP contribution in [0.2, 0.25) is 0 Å². The molecule has 0 atom stereocenters. The summed E-state index contributed by atoms with van der Waals surface area (Å²) in [6.45, 7) is 9.55. The molecule has 0 aliphatic heterocycles. The lowest BCUT2D eigenvalue weighted by Crippen LogP contribution is -2.17. The monoisotopic (exact) mass is 234 g/mol. The van der Waals surface area contributed by atoms with E-state index >= 15 is 0 Å². The van der Waals surface area contributed by atoms with Crippen LogP contribution in [-0.2, 0) is 13.0 Å². The van der Waals surface area contributed by atoms with E-state index in [1.807, 2.05) is 5.01 Å². The average molecular weight is 234 g/mol. The van der Waals surface area contributed by atoms with Gasteiger partial charge in [-0.1, -0.05) is 26.0 Å². The average Bonchev–Trinajstić information content (AvgIpc) is 2.38. The molecule has 0 amide bonds. The van der Waals surface area contributed by atoms with Crippen molar-refractivity contribution in [3.05, 3.63) is 29.3 Å². The summed E-state index contributed by atoms with van der Waals surface area (Å²) in [4.78, 5) is 0. The first-order valence-corrected chi connectivity index (χ1v) is 6.12. The van der Waals surface area contributed by atoms with E-state index in [-0.39, 0.29) is 0 Å². The van der Waals surface area contributed by atoms with Crippen LogP contribution in [0.5, 0.6) is 5.75 Å². The Morgan fingerprint density at radius 3 is 2.65 bits per heavy atom. The van der Waals surface area contributed by atoms with E-state index in [0.717, 1.165) is 37.2 Å². The summed E-state index contributed by atoms with van der Waals surface area (Å²) in [5, 5.41) is 5.98. The summed E-state index contributed by atoms with van der Waals surface area (Å²) in [5.74, 6) is 0.939. The molecular weight excluding hydrogens is 212 g/mol. The lowest BCUT2D eigenvalue weighted by atomic mass is 10.1. The summed E-state index contributed by atoms with van der Waals surface area (Å²) in [6, 6.07) is 6.36. The maximum absolute atomic E-state index is 5.42. The van der Waals surface area contributed by atoms with Crippen molar-refractivity contribution in [2.24, 2.45) is 5.10 Å². The van der Waals surface area contributed by atoms with Crippen molar-refractivity contribution in [2.45, 2.75) is 33.2 Å². The zero-order valence-corrected chi connectivity index (χ0v) is 11.1. The summed E-state index contributed by atoms with van der Waals surface area (Å²) in [6.07, 6.45) is 2.09. The molecule has 0 saturated carbocycles. The Balaban J connectivity index is 2.85. The Morgan fingerprint density at radius 2 is 2.12 bits per heavy atom. The van der Waals surface area contributed by atoms with E-state index in [0.29, 0.717) is 0 Å². The molecule has 0 bridgehead atoms. The normalized spacial score (nSPS) is 10.1. The number of hydrogen-bond donors (Lipinski definition) is 0. The van der Waals surface area contributed by atoms with Crippen molar-refractivity contribution in [1.29, 1.82) is 0 Å². The predicted octanol–water partition coefficient (Wildman–Crippen LogP) is 3.09. The quantitative estimate of drug-likeness (QED) is 0.535. The third-order valence-electron chi connectivity index (χ3n) is 2.79. The van der Waals surface area contributed by atoms with Crippen LogP contribution in [0.25, 0.3) is 0 Å². The molecule has 17 heavy (non-hydrogen) atoms. The van der Waals surface area contributed by atoms with Gasteiger partial charge < -0.3 is 4.74 Å². The fourth-order valence-electron chi connectivity index (χ4n) is 1.79. The molecule has 0 heterocycles. The Labute approximate surface area is 104 Å². The molecule has 0 saturated heterocycles. The van der Waals surface area contributed by atoms with Gasteiger partial charge in [-0.15, -0.1) is 0 Å². The highest BCUT2D eigenvalue weighted by atomic mass is 16.5. The molecule has 3 nitrogen and oxygen atoms in total. The maximum Gasteiger partial charge on any atom is 0.124 e. The Morgan fingerprint density at radius 1 is 1.35 bits per heavy atom. The fraction of sp³-hybridized carbons (Fsp3) is 0.500. The second-order valence-corrected chi connectivity index (χ2v) is 4.03. The highest BCUT2D eigenvalue weighted by molar-refractivity contribution is 5.37. The molecule has 1 rings (SSSR count). The number of aryl methyl sites for hydroxylation is 1. The zero-order valence-electron chi connectivity index (χ0n) is 11.1. The van der Waals surface area contributed by atoms with Gasteiger partial charge in [0.2, 0.25) is 0 Å². The van der Waals surface area contributed by atoms with Gasteiger partial charge in [-0.2, -0.15) is 5.10 Å². The molecule has 0 radical (unpaired) electrons. The van der Waals surface area contributed by atoms with Gasteiger partial charge in [0.05, 0.1) is 13.7 Å². The first-order valence-electron chi connectivity index (χ1n) is 6.12. The Bertz CT molecular complexity index is 363. The molecule has 1 aromatic rings. The van der Waals surface area contributed by atoms with Crippen LogP contribution >= 0.6 is 0 Å². The van der Waals surface area contributed by atoms with E-state index in [9.17, 15) is 0 Å². The van der Waals surface area contributed by atoms with Crippen molar-refractivity contribution < 1.29 is 4.74 Å². The summed E-state index contributed by atoms with van der Waals surface area (Å²) in [5.41, 5.74) is 2.45. The second-order valence-electron chi connectivity index (χ2n) is 4.03. The molecule has 0 aliphatic rings. The third-order valence-corrected chi connectivity index (χ3v) is 2.79. The van der Waals surface area contributed by atoms with Gasteiger partial charge in [-0.05, 0) is 24.5 Å². The first-order chi connectivity index (χ1) is 8.24. The SMILES string of the molecule is C=NN(CCC)Cc1ccc(CC)cc1OC. The first kappa shape index (κ1) is 13.6. The molecular formula is C14H22N2O. The molecule has 94 valence electrons. The van der Waals surface area contributed by atoms with Gasteiger partial charge in [-0.3, -0.25) is 5.01 Å². The van der Waals surface area contributed by atoms with E-state index in [2.05, 4.69) is 43.9 Å². The van der Waals surface area contributed by atoms with Crippen LogP contribution in [0, 0.1) is 0 Å². The minimum Gasteiger partial charge on any atom is -0.496 e. The number of methoxy groups -OCH3 is 1. The topological polar surface area (TPSA) is 24.8 Å². The van der Waals surface area contributed by atoms with Crippen LogP contribution in [0.15, 0.2) is 23.3 Å². The van der Waals surface area contributed by atoms with Crippen molar-refractivity contribution in [3.8, 4) is 5.75 Å². The van der Waals surface area contributed by atoms with Crippen LogP contribution < -0.4 is 4.74 Å². The van der Waals surface area contributed by atoms with Gasteiger partial charge in [0, 0.05) is 18.8 Å². The van der Waals surface area contributed by atoms with E-state index < -0.39 is 0 Å². The van der Waals surface area contributed by atoms with Crippen molar-refractivity contribution in [2.75, 3.05) is 13.7 Å². The highest BCUT2D eigenvalue weighted by Gasteiger charge is 2.07. The van der Waals surface area contributed by atoms with Gasteiger partial charge >= 0.3 is 0 Å². The highest BCUT2D eigenvalue weighted by Crippen LogP contribution is 2.22. The lowest BCUT2D eigenvalue weighted by Gasteiger charge is -2.19. The largest absolute Gasteiger partial charge is 0.496 e. The fourth-order valence-corrected chi connectivity index (χ4v) is 1.79. The molecule has 0 N–H and O–H groups in total. The zero-order chi connectivity index (χ0) is 12.7. The van der Waals surface area contributed by atoms with E-state index in [1.165, 1.54) is 5.56 Å². The smallest absolute Gasteiger partial charge is 0.124 e. The van der Waals surface area contributed by atoms with Crippen LogP contribution in [-0.4, -0.2) is 25.4 Å². The van der Waals surface area contributed by atoms with Crippen LogP contribution in [0.1, 0.15) is 31.4 Å². The number of hydrazone groups is 1. The van der Waals surface area contributed by atoms with Gasteiger partial charge in [-0.25, -0.2) is 0 Å². The van der Waals surface area contributed by atoms with Crippen molar-refractivity contribution >= 4 is 6.72 Å². The van der Waals surface area contributed by atoms with Crippen LogP contribution in [0.3, 0.4) is 0 Å². The predicted molar refractivity (Wildman–Crippen MR) is 72.6 cm³/mol. The minimum absolute atomic E-state index is 0.754. The summed E-state index contributed by atoms with van der Waals surface area (Å²) >= 11 is 0. The number of benzene rings is 1. The van der Waals surface area contributed by atoms with E-state index in [4.69, 9.17) is 4.74 Å². The molecule has 0 spiro atoms. The Hall–Kier alpha value is -1.51. The molecule has 1 aromatic carbocycles. The van der Waals surface area contributed by atoms with Crippen molar-refractivity contribution in [1.82, 2.24) is 5.01 Å². The second kappa shape index (κ2) is 6.94. The van der Waals surface area contributed by atoms with Crippen LogP contribution in [0.4, 0.5) is 0 Å². The number of rotatable bonds is 7. The summed E-state index contributed by atoms with van der Waals surface area (Å²) < 4.78 is 5.42. The molecule has 0 fully saturated rings. The molecule has 0 unspecified atom stereocenters. The molecule has 0 aliphatic carbocycles. The molecule has 0 aromatic heterocycles. The third kappa shape index (κ3) is 3.77. The van der Waals surface area contributed by atoms with Gasteiger partial charge in [0.1, 0.15) is 5.75 Å². The van der Waals surface area contributed by atoms with Gasteiger partial charge in [0.25, 0.3) is 0 Å². The standard InChI is InChI=1S/C14H22N2O/c1-5-9-16(15-3)11-13-8-7-12(6-2)10-14(13)17-4/h7-8,10H,3,5-6,9,11H2,1-2,4H3. The lowest BCUT2D eigenvalue weighted by molar-refractivity contribution is 0.277. The number of ether oxygens (including phenoxy) is 1. The Kier molecular flexibility index (Phi) is 5.53. The van der Waals surface area contributed by atoms with Crippen molar-refractivity contribution in [3.63, 3.8) is 0 Å².